The van der Waals surface area contributed by atoms with Crippen LogP contribution in [0.4, 0.5) is 0 Å². The van der Waals surface area contributed by atoms with Crippen LogP contribution in [0.3, 0.4) is 0 Å². The summed E-state index contributed by atoms with van der Waals surface area (Å²) in [4.78, 5) is 14.0. The fourth-order valence-electron chi connectivity index (χ4n) is 3.04. The van der Waals surface area contributed by atoms with Gasteiger partial charge in [-0.25, -0.2) is 0 Å². The van der Waals surface area contributed by atoms with Crippen molar-refractivity contribution in [3.63, 3.8) is 0 Å². The van der Waals surface area contributed by atoms with Crippen molar-refractivity contribution in [3.05, 3.63) is 0 Å². The van der Waals surface area contributed by atoms with Crippen molar-refractivity contribution in [2.75, 3.05) is 13.2 Å². The van der Waals surface area contributed by atoms with Crippen LogP contribution in [0.5, 0.6) is 0 Å². The van der Waals surface area contributed by atoms with Crippen molar-refractivity contribution in [3.8, 4) is 0 Å². The lowest BCUT2D eigenvalue weighted by molar-refractivity contribution is -0.145. The first-order valence-electron chi connectivity index (χ1n) is 6.22. The molecule has 0 bridgehead atoms. The number of esters is 1. The fourth-order valence-corrected chi connectivity index (χ4v) is 3.04. The molecule has 0 unspecified atom stereocenters. The maximum atomic E-state index is 11.5. The van der Waals surface area contributed by atoms with E-state index in [0.29, 0.717) is 19.1 Å². The maximum absolute atomic E-state index is 11.5. The van der Waals surface area contributed by atoms with Crippen LogP contribution in [0.25, 0.3) is 0 Å². The molecule has 0 radical (unpaired) electrons. The van der Waals surface area contributed by atoms with Gasteiger partial charge in [0, 0.05) is 12.1 Å². The minimum absolute atomic E-state index is 0.0185. The summed E-state index contributed by atoms with van der Waals surface area (Å²) in [5.74, 6) is -0.0185. The van der Waals surface area contributed by atoms with Crippen LogP contribution in [0.15, 0.2) is 0 Å². The normalized spacial score (nSPS) is 31.3. The van der Waals surface area contributed by atoms with Gasteiger partial charge in [0.05, 0.1) is 13.0 Å². The molecule has 0 aromatic heterocycles. The van der Waals surface area contributed by atoms with Crippen molar-refractivity contribution < 1.29 is 9.53 Å². The van der Waals surface area contributed by atoms with E-state index < -0.39 is 0 Å². The number of nitrogens with zero attached hydrogens (tertiary/aromatic N) is 1. The van der Waals surface area contributed by atoms with Gasteiger partial charge in [0.25, 0.3) is 0 Å². The molecule has 0 N–H and O–H groups in total. The Kier molecular flexibility index (Phi) is 3.62. The molecule has 2 aliphatic rings. The lowest BCUT2D eigenvalue weighted by atomic mass is 9.95. The average molecular weight is 211 g/mol. The van der Waals surface area contributed by atoms with Crippen LogP contribution >= 0.6 is 0 Å². The minimum Gasteiger partial charge on any atom is -0.466 e. The quantitative estimate of drug-likeness (QED) is 0.668. The fraction of sp³-hybridized carbons (Fsp3) is 0.917. The SMILES string of the molecule is CCOC(=O)C[C@@H]1CCC[C@@H]2CCCN21. The third-order valence-electron chi connectivity index (χ3n) is 3.67. The third kappa shape index (κ3) is 2.51. The van der Waals surface area contributed by atoms with E-state index in [9.17, 15) is 4.79 Å². The number of ether oxygens (including phenoxy) is 1. The van der Waals surface area contributed by atoms with Crippen molar-refractivity contribution >= 4 is 5.97 Å². The molecule has 3 heteroatoms. The molecule has 2 saturated heterocycles. The molecule has 2 rings (SSSR count). The van der Waals surface area contributed by atoms with Crippen LogP contribution in [-0.2, 0) is 9.53 Å². The van der Waals surface area contributed by atoms with Gasteiger partial charge in [-0.15, -0.1) is 0 Å². The maximum Gasteiger partial charge on any atom is 0.307 e. The predicted octanol–water partition coefficient (Wildman–Crippen LogP) is 1.96. The van der Waals surface area contributed by atoms with E-state index in [4.69, 9.17) is 4.74 Å². The van der Waals surface area contributed by atoms with E-state index in [2.05, 4.69) is 4.90 Å². The van der Waals surface area contributed by atoms with E-state index >= 15 is 0 Å². The Morgan fingerprint density at radius 1 is 1.33 bits per heavy atom. The van der Waals surface area contributed by atoms with E-state index in [0.717, 1.165) is 6.04 Å². The topological polar surface area (TPSA) is 29.5 Å². The number of piperidine rings is 1. The second-order valence-electron chi connectivity index (χ2n) is 4.63. The molecule has 0 aromatic rings. The molecule has 86 valence electrons. The summed E-state index contributed by atoms with van der Waals surface area (Å²) in [6.07, 6.45) is 7.04. The molecule has 2 aliphatic heterocycles. The summed E-state index contributed by atoms with van der Waals surface area (Å²) in [7, 11) is 0. The van der Waals surface area contributed by atoms with E-state index in [1.807, 2.05) is 6.92 Å². The van der Waals surface area contributed by atoms with Crippen molar-refractivity contribution in [1.82, 2.24) is 4.90 Å². The van der Waals surface area contributed by atoms with Crippen molar-refractivity contribution in [1.29, 1.82) is 0 Å². The Bertz CT molecular complexity index is 230. The monoisotopic (exact) mass is 211 g/mol. The molecule has 3 nitrogen and oxygen atoms in total. The van der Waals surface area contributed by atoms with Gasteiger partial charge in [0.2, 0.25) is 0 Å². The number of hydrogen-bond acceptors (Lipinski definition) is 3. The largest absolute Gasteiger partial charge is 0.466 e. The van der Waals surface area contributed by atoms with E-state index in [-0.39, 0.29) is 5.97 Å². The van der Waals surface area contributed by atoms with Gasteiger partial charge in [-0.2, -0.15) is 0 Å². The predicted molar refractivity (Wildman–Crippen MR) is 58.6 cm³/mol. The van der Waals surface area contributed by atoms with E-state index in [1.165, 1.54) is 38.6 Å². The van der Waals surface area contributed by atoms with Crippen LogP contribution in [0.2, 0.25) is 0 Å². The number of rotatable bonds is 3. The summed E-state index contributed by atoms with van der Waals surface area (Å²) >= 11 is 0. The van der Waals surface area contributed by atoms with Gasteiger partial charge in [-0.1, -0.05) is 6.42 Å². The lowest BCUT2D eigenvalue weighted by Crippen LogP contribution is -2.43. The average Bonchev–Trinajstić information content (AvgIpc) is 2.67. The summed E-state index contributed by atoms with van der Waals surface area (Å²) in [6.45, 7) is 3.57. The van der Waals surface area contributed by atoms with Crippen LogP contribution in [0.1, 0.15) is 45.4 Å². The van der Waals surface area contributed by atoms with Crippen molar-refractivity contribution in [2.24, 2.45) is 0 Å². The van der Waals surface area contributed by atoms with E-state index in [1.54, 1.807) is 0 Å². The zero-order chi connectivity index (χ0) is 10.7. The zero-order valence-corrected chi connectivity index (χ0v) is 9.58. The first-order valence-corrected chi connectivity index (χ1v) is 6.22. The molecule has 0 aromatic carbocycles. The Hall–Kier alpha value is -0.570. The molecular formula is C12H21NO2. The third-order valence-corrected chi connectivity index (χ3v) is 3.67. The molecule has 0 spiro atoms. The highest BCUT2D eigenvalue weighted by atomic mass is 16.5. The standard InChI is InChI=1S/C12H21NO2/c1-2-15-12(14)9-11-6-3-5-10-7-4-8-13(10)11/h10-11H,2-9H2,1H3/t10-,11+/m1/s1. The Morgan fingerprint density at radius 3 is 2.93 bits per heavy atom. The second-order valence-corrected chi connectivity index (χ2v) is 4.63. The summed E-state index contributed by atoms with van der Waals surface area (Å²) in [6, 6.07) is 1.23. The van der Waals surface area contributed by atoms with Gasteiger partial charge in [0.1, 0.15) is 0 Å². The Morgan fingerprint density at radius 2 is 2.13 bits per heavy atom. The number of carbonyl (C=O) groups excluding carboxylic acids is 1. The summed E-state index contributed by atoms with van der Waals surface area (Å²) in [5.41, 5.74) is 0. The van der Waals surface area contributed by atoms with Gasteiger partial charge in [-0.3, -0.25) is 9.69 Å². The van der Waals surface area contributed by atoms with Crippen LogP contribution in [0, 0.1) is 0 Å². The first-order chi connectivity index (χ1) is 7.31. The molecule has 0 aliphatic carbocycles. The molecule has 2 fully saturated rings. The summed E-state index contributed by atoms with van der Waals surface area (Å²) < 4.78 is 5.03. The molecule has 0 saturated carbocycles. The highest BCUT2D eigenvalue weighted by Gasteiger charge is 2.34. The first kappa shape index (κ1) is 10.9. The highest BCUT2D eigenvalue weighted by Crippen LogP contribution is 2.32. The Balaban J connectivity index is 1.87. The minimum atomic E-state index is -0.0185. The lowest BCUT2D eigenvalue weighted by Gasteiger charge is -2.37. The van der Waals surface area contributed by atoms with Crippen LogP contribution < -0.4 is 0 Å². The smallest absolute Gasteiger partial charge is 0.307 e. The van der Waals surface area contributed by atoms with Crippen LogP contribution in [-0.4, -0.2) is 36.1 Å². The molecule has 15 heavy (non-hydrogen) atoms. The number of carbonyl (C=O) groups is 1. The molecule has 2 atom stereocenters. The van der Waals surface area contributed by atoms with Gasteiger partial charge in [-0.05, 0) is 39.2 Å². The molecule has 2 heterocycles. The molecular weight excluding hydrogens is 190 g/mol. The van der Waals surface area contributed by atoms with Crippen molar-refractivity contribution in [2.45, 2.75) is 57.5 Å². The summed E-state index contributed by atoms with van der Waals surface area (Å²) in [5, 5.41) is 0. The zero-order valence-electron chi connectivity index (χ0n) is 9.58. The van der Waals surface area contributed by atoms with Gasteiger partial charge < -0.3 is 4.74 Å². The number of hydrogen-bond donors (Lipinski definition) is 0. The Labute approximate surface area is 91.8 Å². The highest BCUT2D eigenvalue weighted by molar-refractivity contribution is 5.70. The van der Waals surface area contributed by atoms with Gasteiger partial charge in [0.15, 0.2) is 0 Å². The van der Waals surface area contributed by atoms with Gasteiger partial charge >= 0.3 is 5.97 Å². The molecule has 0 amide bonds. The number of fused-ring (bicyclic) bond motifs is 1. The second kappa shape index (κ2) is 4.97.